The predicted molar refractivity (Wildman–Crippen MR) is 102 cm³/mol. The first-order chi connectivity index (χ1) is 11.7. The fourth-order valence-corrected chi connectivity index (χ4v) is 2.95. The van der Waals surface area contributed by atoms with Crippen LogP contribution in [0.15, 0.2) is 77.7 Å². The van der Waals surface area contributed by atoms with Gasteiger partial charge >= 0.3 is 0 Å². The maximum absolute atomic E-state index is 12.3. The number of carbonyl (C=O) groups excluding carboxylic acids is 1. The van der Waals surface area contributed by atoms with Crippen molar-refractivity contribution < 1.29 is 4.79 Å². The van der Waals surface area contributed by atoms with Gasteiger partial charge in [0.15, 0.2) is 0 Å². The van der Waals surface area contributed by atoms with Crippen LogP contribution in [0.5, 0.6) is 0 Å². The SMILES string of the molecule is CSc1ccc(C(=O)Nc2ccc(-c3ccccc3)cc2)cc1N. The topological polar surface area (TPSA) is 55.1 Å². The molecule has 0 fully saturated rings. The molecule has 3 rings (SSSR count). The van der Waals surface area contributed by atoms with E-state index in [0.29, 0.717) is 11.3 Å². The fourth-order valence-electron chi connectivity index (χ4n) is 2.46. The Morgan fingerprint density at radius 2 is 1.58 bits per heavy atom. The summed E-state index contributed by atoms with van der Waals surface area (Å²) in [5.41, 5.74) is 10.1. The fraction of sp³-hybridized carbons (Fsp3) is 0.0500. The zero-order chi connectivity index (χ0) is 16.9. The monoisotopic (exact) mass is 334 g/mol. The molecule has 3 nitrogen and oxygen atoms in total. The minimum atomic E-state index is -0.165. The van der Waals surface area contributed by atoms with Gasteiger partial charge in [-0.1, -0.05) is 42.5 Å². The van der Waals surface area contributed by atoms with E-state index in [-0.39, 0.29) is 5.91 Å². The van der Waals surface area contributed by atoms with Gasteiger partial charge in [0.05, 0.1) is 0 Å². The van der Waals surface area contributed by atoms with E-state index in [2.05, 4.69) is 17.4 Å². The van der Waals surface area contributed by atoms with Gasteiger partial charge in [0.2, 0.25) is 0 Å². The Balaban J connectivity index is 1.74. The summed E-state index contributed by atoms with van der Waals surface area (Å²) in [7, 11) is 0. The Hall–Kier alpha value is -2.72. The lowest BCUT2D eigenvalue weighted by Crippen LogP contribution is -2.12. The summed E-state index contributed by atoms with van der Waals surface area (Å²) in [6, 6.07) is 23.3. The number of hydrogen-bond donors (Lipinski definition) is 2. The molecular formula is C20H18N2OS. The van der Waals surface area contributed by atoms with Gasteiger partial charge in [-0.3, -0.25) is 4.79 Å². The average Bonchev–Trinajstić information content (AvgIpc) is 2.63. The standard InChI is InChI=1S/C20H18N2OS/c1-24-19-12-9-16(13-18(19)21)20(23)22-17-10-7-15(8-11-17)14-5-3-2-4-6-14/h2-13H,21H2,1H3,(H,22,23). The molecule has 0 heterocycles. The Kier molecular flexibility index (Phi) is 4.87. The maximum atomic E-state index is 12.3. The smallest absolute Gasteiger partial charge is 0.255 e. The molecule has 0 saturated heterocycles. The molecule has 0 aromatic heterocycles. The van der Waals surface area contributed by atoms with Crippen molar-refractivity contribution in [2.24, 2.45) is 0 Å². The van der Waals surface area contributed by atoms with E-state index >= 15 is 0 Å². The quantitative estimate of drug-likeness (QED) is 0.526. The molecule has 0 aliphatic rings. The van der Waals surface area contributed by atoms with Crippen molar-refractivity contribution >= 4 is 29.0 Å². The van der Waals surface area contributed by atoms with Crippen LogP contribution >= 0.6 is 11.8 Å². The third-order valence-corrected chi connectivity index (χ3v) is 4.55. The normalized spacial score (nSPS) is 10.4. The van der Waals surface area contributed by atoms with Gasteiger partial charge < -0.3 is 11.1 Å². The van der Waals surface area contributed by atoms with Crippen LogP contribution in [0.2, 0.25) is 0 Å². The number of rotatable bonds is 4. The molecule has 4 heteroatoms. The molecule has 3 aromatic rings. The van der Waals surface area contributed by atoms with Crippen LogP contribution < -0.4 is 11.1 Å². The van der Waals surface area contributed by atoms with Crippen LogP contribution in [0.3, 0.4) is 0 Å². The van der Waals surface area contributed by atoms with Crippen LogP contribution in [-0.4, -0.2) is 12.2 Å². The first kappa shape index (κ1) is 16.1. The van der Waals surface area contributed by atoms with Crippen molar-refractivity contribution in [1.82, 2.24) is 0 Å². The molecule has 0 bridgehead atoms. The van der Waals surface area contributed by atoms with Crippen molar-refractivity contribution in [2.45, 2.75) is 4.90 Å². The summed E-state index contributed by atoms with van der Waals surface area (Å²) in [6.45, 7) is 0. The number of amides is 1. The molecule has 24 heavy (non-hydrogen) atoms. The Morgan fingerprint density at radius 3 is 2.21 bits per heavy atom. The van der Waals surface area contributed by atoms with Crippen LogP contribution in [0.25, 0.3) is 11.1 Å². The second kappa shape index (κ2) is 7.23. The molecule has 3 N–H and O–H groups in total. The number of carbonyl (C=O) groups is 1. The number of nitrogen functional groups attached to an aromatic ring is 1. The molecule has 1 amide bonds. The molecule has 0 spiro atoms. The van der Waals surface area contributed by atoms with Crippen molar-refractivity contribution in [1.29, 1.82) is 0 Å². The third-order valence-electron chi connectivity index (χ3n) is 3.74. The summed E-state index contributed by atoms with van der Waals surface area (Å²) in [5, 5.41) is 2.90. The Bertz CT molecular complexity index is 845. The molecule has 0 atom stereocenters. The minimum Gasteiger partial charge on any atom is -0.398 e. The van der Waals surface area contributed by atoms with E-state index in [1.54, 1.807) is 23.9 Å². The zero-order valence-corrected chi connectivity index (χ0v) is 14.1. The second-order valence-corrected chi connectivity index (χ2v) is 6.20. The molecule has 0 saturated carbocycles. The summed E-state index contributed by atoms with van der Waals surface area (Å²) >= 11 is 1.56. The van der Waals surface area contributed by atoms with E-state index in [1.807, 2.05) is 54.8 Å². The highest BCUT2D eigenvalue weighted by Crippen LogP contribution is 2.25. The predicted octanol–water partition coefficient (Wildman–Crippen LogP) is 4.91. The van der Waals surface area contributed by atoms with Crippen LogP contribution in [0.4, 0.5) is 11.4 Å². The number of hydrogen-bond acceptors (Lipinski definition) is 3. The average molecular weight is 334 g/mol. The number of anilines is 2. The van der Waals surface area contributed by atoms with Crippen molar-refractivity contribution in [3.8, 4) is 11.1 Å². The van der Waals surface area contributed by atoms with E-state index < -0.39 is 0 Å². The lowest BCUT2D eigenvalue weighted by molar-refractivity contribution is 0.102. The lowest BCUT2D eigenvalue weighted by Gasteiger charge is -2.09. The third kappa shape index (κ3) is 3.60. The highest BCUT2D eigenvalue weighted by molar-refractivity contribution is 7.98. The molecule has 120 valence electrons. The van der Waals surface area contributed by atoms with Gasteiger partial charge in [0.1, 0.15) is 0 Å². The van der Waals surface area contributed by atoms with E-state index in [0.717, 1.165) is 21.7 Å². The van der Waals surface area contributed by atoms with Crippen LogP contribution in [0.1, 0.15) is 10.4 Å². The van der Waals surface area contributed by atoms with Crippen LogP contribution in [-0.2, 0) is 0 Å². The van der Waals surface area contributed by atoms with Gasteiger partial charge in [0.25, 0.3) is 5.91 Å². The number of nitrogens with two attached hydrogens (primary N) is 1. The van der Waals surface area contributed by atoms with Crippen molar-refractivity contribution in [3.05, 3.63) is 78.4 Å². The van der Waals surface area contributed by atoms with E-state index in [1.165, 1.54) is 0 Å². The lowest BCUT2D eigenvalue weighted by atomic mass is 10.1. The summed E-state index contributed by atoms with van der Waals surface area (Å²) in [4.78, 5) is 13.3. The Labute approximate surface area is 145 Å². The van der Waals surface area contributed by atoms with Gasteiger partial charge in [-0.25, -0.2) is 0 Å². The van der Waals surface area contributed by atoms with Gasteiger partial charge in [-0.05, 0) is 47.7 Å². The first-order valence-electron chi connectivity index (χ1n) is 7.58. The largest absolute Gasteiger partial charge is 0.398 e. The summed E-state index contributed by atoms with van der Waals surface area (Å²) in [6.07, 6.45) is 1.96. The van der Waals surface area contributed by atoms with Gasteiger partial charge in [0, 0.05) is 21.8 Å². The molecule has 3 aromatic carbocycles. The molecule has 0 aliphatic carbocycles. The first-order valence-corrected chi connectivity index (χ1v) is 8.80. The Morgan fingerprint density at radius 1 is 0.917 bits per heavy atom. The highest BCUT2D eigenvalue weighted by Gasteiger charge is 2.08. The number of benzene rings is 3. The van der Waals surface area contributed by atoms with E-state index in [9.17, 15) is 4.79 Å². The maximum Gasteiger partial charge on any atom is 0.255 e. The number of thioether (sulfide) groups is 1. The van der Waals surface area contributed by atoms with Crippen molar-refractivity contribution in [2.75, 3.05) is 17.3 Å². The van der Waals surface area contributed by atoms with Crippen molar-refractivity contribution in [3.63, 3.8) is 0 Å². The second-order valence-electron chi connectivity index (χ2n) is 5.35. The minimum absolute atomic E-state index is 0.165. The number of nitrogens with one attached hydrogen (secondary N) is 1. The molecule has 0 radical (unpaired) electrons. The molecule has 0 aliphatic heterocycles. The van der Waals surface area contributed by atoms with E-state index in [4.69, 9.17) is 5.73 Å². The summed E-state index contributed by atoms with van der Waals surface area (Å²) in [5.74, 6) is -0.165. The van der Waals surface area contributed by atoms with Gasteiger partial charge in [-0.15, -0.1) is 11.8 Å². The highest BCUT2D eigenvalue weighted by atomic mass is 32.2. The zero-order valence-electron chi connectivity index (χ0n) is 13.3. The van der Waals surface area contributed by atoms with Gasteiger partial charge in [-0.2, -0.15) is 0 Å². The molecule has 0 unspecified atom stereocenters. The molecular weight excluding hydrogens is 316 g/mol. The summed E-state index contributed by atoms with van der Waals surface area (Å²) < 4.78 is 0. The van der Waals surface area contributed by atoms with Crippen LogP contribution in [0, 0.1) is 0 Å².